The summed E-state index contributed by atoms with van der Waals surface area (Å²) in [6.07, 6.45) is 3.29. The molecule has 1 unspecified atom stereocenters. The maximum Gasteiger partial charge on any atom is 0.407 e. The SMILES string of the molecule is COC(=O)N[C@@H](Cc1ccc(OCc2ccccc2)cc1)C(=O)N1CCC[C@H]1C1=NCC(c2ccc(-c3ccc(-c4cnc([C@@H]5CCCN5C(=O)[C@@H](NC(=O)OC)[C@@H](C)OC)[nH]4)cc3)cc2)N1. The summed E-state index contributed by atoms with van der Waals surface area (Å²) in [7, 11) is 4.05. The van der Waals surface area contributed by atoms with E-state index in [4.69, 9.17) is 23.9 Å². The van der Waals surface area contributed by atoms with Gasteiger partial charge in [0, 0.05) is 26.6 Å². The first kappa shape index (κ1) is 46.3. The van der Waals surface area contributed by atoms with E-state index in [9.17, 15) is 19.2 Å². The van der Waals surface area contributed by atoms with Crippen LogP contribution in [0.25, 0.3) is 22.4 Å². The highest BCUT2D eigenvalue weighted by atomic mass is 16.5. The number of benzene rings is 4. The Morgan fingerprint density at radius 2 is 1.36 bits per heavy atom. The van der Waals surface area contributed by atoms with Crippen molar-refractivity contribution in [3.8, 4) is 28.1 Å². The number of nitrogens with zero attached hydrogens (tertiary/aromatic N) is 4. The molecule has 8 rings (SSSR count). The summed E-state index contributed by atoms with van der Waals surface area (Å²) in [5.74, 6) is 1.75. The zero-order valence-electron chi connectivity index (χ0n) is 38.3. The lowest BCUT2D eigenvalue weighted by Gasteiger charge is -2.30. The molecule has 0 bridgehead atoms. The second kappa shape index (κ2) is 21.4. The van der Waals surface area contributed by atoms with Crippen LogP contribution in [-0.4, -0.2) is 115 Å². The van der Waals surface area contributed by atoms with Crippen molar-refractivity contribution in [2.45, 2.75) is 81.9 Å². The lowest BCUT2D eigenvalue weighted by molar-refractivity contribution is -0.137. The van der Waals surface area contributed by atoms with E-state index in [1.807, 2.05) is 71.6 Å². The number of hydrogen-bond acceptors (Lipinski definition) is 11. The van der Waals surface area contributed by atoms with E-state index in [0.717, 1.165) is 70.6 Å². The normalized spacial score (nSPS) is 19.2. The van der Waals surface area contributed by atoms with E-state index < -0.39 is 30.4 Å². The van der Waals surface area contributed by atoms with Crippen molar-refractivity contribution in [2.75, 3.05) is 41.0 Å². The average Bonchev–Trinajstić information content (AvgIpc) is 4.23. The molecule has 4 aromatic carbocycles. The number of aromatic nitrogens is 2. The molecule has 0 spiro atoms. The molecule has 0 aliphatic carbocycles. The Labute approximate surface area is 390 Å². The van der Waals surface area contributed by atoms with Crippen molar-refractivity contribution in [3.63, 3.8) is 0 Å². The van der Waals surface area contributed by atoms with Gasteiger partial charge in [-0.25, -0.2) is 14.6 Å². The van der Waals surface area contributed by atoms with Gasteiger partial charge in [-0.2, -0.15) is 0 Å². The molecule has 1 aromatic heterocycles. The minimum atomic E-state index is -0.902. The van der Waals surface area contributed by atoms with Gasteiger partial charge in [0.15, 0.2) is 0 Å². The third-order valence-electron chi connectivity index (χ3n) is 12.9. The van der Waals surface area contributed by atoms with E-state index in [2.05, 4.69) is 62.3 Å². The maximum atomic E-state index is 14.2. The second-order valence-corrected chi connectivity index (χ2v) is 17.0. The van der Waals surface area contributed by atoms with Crippen molar-refractivity contribution < 1.29 is 38.1 Å². The van der Waals surface area contributed by atoms with Crippen LogP contribution in [0.4, 0.5) is 9.59 Å². The zero-order chi connectivity index (χ0) is 46.9. The van der Waals surface area contributed by atoms with E-state index >= 15 is 0 Å². The van der Waals surface area contributed by atoms with Crippen LogP contribution in [-0.2, 0) is 36.8 Å². The molecule has 3 aliphatic heterocycles. The minimum absolute atomic E-state index is 0.0466. The van der Waals surface area contributed by atoms with Crippen LogP contribution < -0.4 is 20.7 Å². The van der Waals surface area contributed by atoms with Crippen LogP contribution in [0, 0.1) is 0 Å². The van der Waals surface area contributed by atoms with Crippen LogP contribution in [0.5, 0.6) is 5.75 Å². The Morgan fingerprint density at radius 1 is 0.731 bits per heavy atom. The summed E-state index contributed by atoms with van der Waals surface area (Å²) in [6.45, 7) is 3.82. The topological polar surface area (TPSA) is 189 Å². The smallest absolute Gasteiger partial charge is 0.407 e. The number of amidine groups is 1. The monoisotopic (exact) mass is 910 g/mol. The van der Waals surface area contributed by atoms with Gasteiger partial charge in [0.25, 0.3) is 0 Å². The summed E-state index contributed by atoms with van der Waals surface area (Å²) in [6, 6.07) is 31.9. The van der Waals surface area contributed by atoms with Crippen molar-refractivity contribution in [1.82, 2.24) is 35.7 Å². The van der Waals surface area contributed by atoms with Crippen LogP contribution in [0.3, 0.4) is 0 Å². The number of ether oxygens (including phenoxy) is 4. The highest BCUT2D eigenvalue weighted by molar-refractivity contribution is 5.95. The molecule has 4 N–H and O–H groups in total. The molecule has 2 saturated heterocycles. The molecule has 6 atom stereocenters. The highest BCUT2D eigenvalue weighted by Gasteiger charge is 2.40. The number of aliphatic imine (C=N–C) groups is 1. The number of nitrogens with one attached hydrogen (secondary N) is 4. The van der Waals surface area contributed by atoms with E-state index in [0.29, 0.717) is 37.8 Å². The number of hydrogen-bond donors (Lipinski definition) is 4. The van der Waals surface area contributed by atoms with Gasteiger partial charge in [0.05, 0.1) is 56.9 Å². The number of imidazole rings is 1. The van der Waals surface area contributed by atoms with Gasteiger partial charge in [0.1, 0.15) is 36.1 Å². The number of likely N-dealkylation sites (tertiary alicyclic amines) is 2. The van der Waals surface area contributed by atoms with Gasteiger partial charge in [-0.3, -0.25) is 14.6 Å². The standard InChI is InChI=1S/C51H58N8O8/c1-32(64-2)45(57-51(63)66-4)49(61)59-27-9-13-44(59)47-53-30-42(55-47)38-22-18-36(19-23-38)35-16-20-37(21-17-35)41-29-52-46(54-41)43-12-8-26-58(43)48(60)40(56-50(62)65-3)28-33-14-24-39(25-15-33)67-31-34-10-6-5-7-11-34/h5-7,10-11,14-25,30,32,40-41,43-45H,8-9,12-13,26-29,31H2,1-4H3,(H,52,54)(H,53,55)(H,56,62)(H,57,63)/t32-,40+,41?,43+,44+,45+/m1/s1. The number of aromatic amines is 1. The summed E-state index contributed by atoms with van der Waals surface area (Å²) in [4.78, 5) is 69.0. The lowest BCUT2D eigenvalue weighted by Crippen LogP contribution is -2.54. The van der Waals surface area contributed by atoms with Crippen LogP contribution in [0.2, 0.25) is 0 Å². The Kier molecular flexibility index (Phi) is 14.8. The first-order chi connectivity index (χ1) is 32.6. The van der Waals surface area contributed by atoms with E-state index in [1.165, 1.54) is 21.3 Å². The molecule has 5 aromatic rings. The lowest BCUT2D eigenvalue weighted by atomic mass is 9.99. The van der Waals surface area contributed by atoms with E-state index in [-0.39, 0.29) is 36.4 Å². The molecule has 3 aliphatic rings. The Morgan fingerprint density at radius 3 is 2.03 bits per heavy atom. The number of methoxy groups -OCH3 is 3. The second-order valence-electron chi connectivity index (χ2n) is 17.0. The molecular formula is C51H58N8O8. The van der Waals surface area contributed by atoms with Gasteiger partial charge in [-0.15, -0.1) is 0 Å². The largest absolute Gasteiger partial charge is 0.489 e. The quantitative estimate of drug-likeness (QED) is 0.0825. The molecule has 67 heavy (non-hydrogen) atoms. The zero-order valence-corrected chi connectivity index (χ0v) is 38.3. The summed E-state index contributed by atoms with van der Waals surface area (Å²) < 4.78 is 21.0. The molecule has 350 valence electrons. The number of carbonyl (C=O) groups excluding carboxylic acids is 4. The predicted molar refractivity (Wildman–Crippen MR) is 252 cm³/mol. The third kappa shape index (κ3) is 10.9. The van der Waals surface area contributed by atoms with Gasteiger partial charge >= 0.3 is 12.2 Å². The maximum absolute atomic E-state index is 14.2. The summed E-state index contributed by atoms with van der Waals surface area (Å²) in [5, 5.41) is 9.02. The fraction of sp³-hybridized carbons (Fsp3) is 0.373. The Bertz CT molecular complexity index is 2510. The van der Waals surface area contributed by atoms with Crippen LogP contribution in [0.1, 0.15) is 67.2 Å². The fourth-order valence-electron chi connectivity index (χ4n) is 9.06. The van der Waals surface area contributed by atoms with Gasteiger partial charge in [-0.05, 0) is 78.1 Å². The molecular weight excluding hydrogens is 853 g/mol. The average molecular weight is 911 g/mol. The molecule has 4 heterocycles. The molecule has 4 amide bonds. The molecule has 16 heteroatoms. The van der Waals surface area contributed by atoms with Crippen molar-refractivity contribution in [3.05, 3.63) is 132 Å². The number of rotatable bonds is 16. The van der Waals surface area contributed by atoms with Crippen LogP contribution >= 0.6 is 0 Å². The van der Waals surface area contributed by atoms with Gasteiger partial charge in [-0.1, -0.05) is 91.0 Å². The first-order valence-electron chi connectivity index (χ1n) is 22.8. The summed E-state index contributed by atoms with van der Waals surface area (Å²) >= 11 is 0. The van der Waals surface area contributed by atoms with Crippen molar-refractivity contribution >= 4 is 29.8 Å². The Hall–Kier alpha value is -7.20. The van der Waals surface area contributed by atoms with Crippen LogP contribution in [0.15, 0.2) is 114 Å². The Balaban J connectivity index is 0.866. The third-order valence-corrected chi connectivity index (χ3v) is 12.9. The fourth-order valence-corrected chi connectivity index (χ4v) is 9.06. The summed E-state index contributed by atoms with van der Waals surface area (Å²) in [5.41, 5.74) is 6.94. The van der Waals surface area contributed by atoms with Crippen molar-refractivity contribution in [1.29, 1.82) is 0 Å². The molecule has 0 radical (unpaired) electrons. The van der Waals surface area contributed by atoms with Gasteiger partial charge in [0.2, 0.25) is 11.8 Å². The predicted octanol–water partition coefficient (Wildman–Crippen LogP) is 6.75. The number of H-pyrrole nitrogens is 1. The number of alkyl carbamates (subject to hydrolysis) is 2. The first-order valence-corrected chi connectivity index (χ1v) is 22.8. The number of amides is 4. The van der Waals surface area contributed by atoms with Crippen molar-refractivity contribution in [2.24, 2.45) is 4.99 Å². The highest BCUT2D eigenvalue weighted by Crippen LogP contribution is 2.34. The number of carbonyl (C=O) groups is 4. The molecule has 0 saturated carbocycles. The van der Waals surface area contributed by atoms with E-state index in [1.54, 1.807) is 18.0 Å². The minimum Gasteiger partial charge on any atom is -0.489 e. The molecule has 2 fully saturated rings. The molecule has 16 nitrogen and oxygen atoms in total. The van der Waals surface area contributed by atoms with Gasteiger partial charge < -0.3 is 49.7 Å².